The Labute approximate surface area is 99.8 Å². The van der Waals surface area contributed by atoms with E-state index in [-0.39, 0.29) is 6.54 Å². The molecule has 17 heavy (non-hydrogen) atoms. The largest absolute Gasteiger partial charge is 0.481 e. The Morgan fingerprint density at radius 2 is 1.76 bits per heavy atom. The number of likely N-dealkylation sites (tertiary alicyclic amines) is 1. The molecule has 6 nitrogen and oxygen atoms in total. The van der Waals surface area contributed by atoms with Crippen molar-refractivity contribution in [3.8, 4) is 0 Å². The maximum absolute atomic E-state index is 11.0. The molecule has 0 aliphatic carbocycles. The van der Waals surface area contributed by atoms with Crippen LogP contribution in [0.15, 0.2) is 0 Å². The third-order valence-corrected chi connectivity index (χ3v) is 2.94. The third-order valence-electron chi connectivity index (χ3n) is 2.94. The first-order chi connectivity index (χ1) is 7.70. The maximum atomic E-state index is 11.0. The quantitative estimate of drug-likeness (QED) is 0.638. The summed E-state index contributed by atoms with van der Waals surface area (Å²) in [5.41, 5.74) is -0.904. The van der Waals surface area contributed by atoms with Gasteiger partial charge in [-0.1, -0.05) is 0 Å². The molecule has 2 atom stereocenters. The lowest BCUT2D eigenvalue weighted by atomic mass is 9.85. The second-order valence-corrected chi connectivity index (χ2v) is 5.23. The summed E-state index contributed by atoms with van der Waals surface area (Å²) in [4.78, 5) is 23.8. The van der Waals surface area contributed by atoms with Crippen LogP contribution in [0.3, 0.4) is 0 Å². The van der Waals surface area contributed by atoms with Gasteiger partial charge in [0.15, 0.2) is 0 Å². The molecule has 3 N–H and O–H groups in total. The number of β-amino-alcohol motifs (C(OH)–C–C–N with tert-alkyl or cyclic N) is 1. The lowest BCUT2D eigenvalue weighted by Gasteiger charge is -2.37. The zero-order chi connectivity index (χ0) is 13.2. The summed E-state index contributed by atoms with van der Waals surface area (Å²) in [6, 6.07) is 0. The van der Waals surface area contributed by atoms with E-state index >= 15 is 0 Å². The predicted octanol–water partition coefficient (Wildman–Crippen LogP) is -0.135. The topological polar surface area (TPSA) is 98.1 Å². The summed E-state index contributed by atoms with van der Waals surface area (Å²) in [5, 5.41) is 27.6. The maximum Gasteiger partial charge on any atom is 0.308 e. The number of carboxylic acids is 2. The molecule has 0 aromatic heterocycles. The van der Waals surface area contributed by atoms with E-state index in [1.165, 1.54) is 0 Å². The molecular formula is C11H19NO5. The van der Waals surface area contributed by atoms with Gasteiger partial charge in [0.05, 0.1) is 17.4 Å². The molecule has 1 aliphatic rings. The Hall–Kier alpha value is -1.14. The molecule has 0 bridgehead atoms. The van der Waals surface area contributed by atoms with Crippen LogP contribution in [-0.4, -0.2) is 57.4 Å². The fraction of sp³-hybridized carbons (Fsp3) is 0.818. The van der Waals surface area contributed by atoms with E-state index in [9.17, 15) is 14.7 Å². The summed E-state index contributed by atoms with van der Waals surface area (Å²) in [6.45, 7) is 4.32. The van der Waals surface area contributed by atoms with Gasteiger partial charge in [-0.05, 0) is 26.8 Å². The van der Waals surface area contributed by atoms with E-state index in [1.54, 1.807) is 18.7 Å². The van der Waals surface area contributed by atoms with Crippen molar-refractivity contribution in [2.75, 3.05) is 19.6 Å². The Morgan fingerprint density at radius 3 is 2.18 bits per heavy atom. The summed E-state index contributed by atoms with van der Waals surface area (Å²) in [6.07, 6.45) is 0.308. The Bertz CT molecular complexity index is 309. The summed E-state index contributed by atoms with van der Waals surface area (Å²) >= 11 is 0. The van der Waals surface area contributed by atoms with Crippen LogP contribution in [0.25, 0.3) is 0 Å². The number of carboxylic acid groups (broad SMARTS) is 2. The van der Waals surface area contributed by atoms with Gasteiger partial charge in [0.2, 0.25) is 0 Å². The summed E-state index contributed by atoms with van der Waals surface area (Å²) in [5.74, 6) is -3.87. The highest BCUT2D eigenvalue weighted by Crippen LogP contribution is 2.25. The van der Waals surface area contributed by atoms with Gasteiger partial charge >= 0.3 is 11.9 Å². The fourth-order valence-corrected chi connectivity index (χ4v) is 2.26. The molecule has 0 aromatic carbocycles. The first-order valence-electron chi connectivity index (χ1n) is 5.61. The first kappa shape index (κ1) is 13.9. The number of aliphatic hydroxyl groups is 1. The van der Waals surface area contributed by atoms with Crippen LogP contribution in [0.2, 0.25) is 0 Å². The summed E-state index contributed by atoms with van der Waals surface area (Å²) < 4.78 is 0. The van der Waals surface area contributed by atoms with Crippen molar-refractivity contribution in [1.82, 2.24) is 4.90 Å². The SMILES string of the molecule is CC(C)(O)CN1CCC(C(=O)O)C(C(=O)O)C1. The normalized spacial score (nSPS) is 26.8. The Morgan fingerprint density at radius 1 is 1.24 bits per heavy atom. The second kappa shape index (κ2) is 5.01. The van der Waals surface area contributed by atoms with Gasteiger partial charge in [-0.3, -0.25) is 14.5 Å². The van der Waals surface area contributed by atoms with Crippen molar-refractivity contribution in [2.24, 2.45) is 11.8 Å². The Kier molecular flexibility index (Phi) is 4.11. The van der Waals surface area contributed by atoms with Crippen LogP contribution < -0.4 is 0 Å². The zero-order valence-corrected chi connectivity index (χ0v) is 10.1. The molecule has 0 saturated carbocycles. The van der Waals surface area contributed by atoms with Crippen molar-refractivity contribution in [3.05, 3.63) is 0 Å². The van der Waals surface area contributed by atoms with Crippen molar-refractivity contribution in [3.63, 3.8) is 0 Å². The first-order valence-corrected chi connectivity index (χ1v) is 5.61. The average Bonchev–Trinajstić information content (AvgIpc) is 2.14. The van der Waals surface area contributed by atoms with Crippen molar-refractivity contribution >= 4 is 11.9 Å². The molecule has 1 saturated heterocycles. The molecule has 0 spiro atoms. The van der Waals surface area contributed by atoms with E-state index < -0.39 is 29.4 Å². The smallest absolute Gasteiger partial charge is 0.308 e. The molecule has 6 heteroatoms. The van der Waals surface area contributed by atoms with E-state index in [0.29, 0.717) is 19.5 Å². The van der Waals surface area contributed by atoms with Gasteiger partial charge in [-0.25, -0.2) is 0 Å². The molecule has 1 rings (SSSR count). The highest BCUT2D eigenvalue weighted by molar-refractivity contribution is 5.80. The monoisotopic (exact) mass is 245 g/mol. The van der Waals surface area contributed by atoms with Gasteiger partial charge in [-0.2, -0.15) is 0 Å². The summed E-state index contributed by atoms with van der Waals surface area (Å²) in [7, 11) is 0. The van der Waals surface area contributed by atoms with Crippen LogP contribution in [-0.2, 0) is 9.59 Å². The van der Waals surface area contributed by atoms with Crippen molar-refractivity contribution < 1.29 is 24.9 Å². The van der Waals surface area contributed by atoms with Gasteiger partial charge in [0, 0.05) is 13.1 Å². The van der Waals surface area contributed by atoms with Gasteiger partial charge in [0.1, 0.15) is 0 Å². The van der Waals surface area contributed by atoms with E-state index in [0.717, 1.165) is 0 Å². The Balaban J connectivity index is 2.69. The average molecular weight is 245 g/mol. The number of carbonyl (C=O) groups is 2. The van der Waals surface area contributed by atoms with Gasteiger partial charge in [0.25, 0.3) is 0 Å². The molecule has 0 radical (unpaired) electrons. The molecule has 2 unspecified atom stereocenters. The van der Waals surface area contributed by atoms with Crippen molar-refractivity contribution in [2.45, 2.75) is 25.9 Å². The van der Waals surface area contributed by atoms with E-state index in [4.69, 9.17) is 10.2 Å². The minimum absolute atomic E-state index is 0.177. The number of rotatable bonds is 4. The minimum Gasteiger partial charge on any atom is -0.481 e. The zero-order valence-electron chi connectivity index (χ0n) is 10.1. The van der Waals surface area contributed by atoms with E-state index in [1.807, 2.05) is 0 Å². The number of piperidine rings is 1. The number of hydrogen-bond donors (Lipinski definition) is 3. The molecule has 1 aliphatic heterocycles. The highest BCUT2D eigenvalue weighted by atomic mass is 16.4. The standard InChI is InChI=1S/C11H19NO5/c1-11(2,17)6-12-4-3-7(9(13)14)8(5-12)10(15)16/h7-8,17H,3-6H2,1-2H3,(H,13,14)(H,15,16). The molecule has 1 heterocycles. The molecule has 0 amide bonds. The van der Waals surface area contributed by atoms with Crippen LogP contribution in [0.5, 0.6) is 0 Å². The second-order valence-electron chi connectivity index (χ2n) is 5.23. The van der Waals surface area contributed by atoms with Gasteiger partial charge < -0.3 is 15.3 Å². The van der Waals surface area contributed by atoms with Crippen LogP contribution in [0.1, 0.15) is 20.3 Å². The predicted molar refractivity (Wildman–Crippen MR) is 59.6 cm³/mol. The van der Waals surface area contributed by atoms with Crippen LogP contribution >= 0.6 is 0 Å². The lowest BCUT2D eigenvalue weighted by Crippen LogP contribution is -2.50. The number of nitrogens with zero attached hydrogens (tertiary/aromatic N) is 1. The molecule has 98 valence electrons. The third kappa shape index (κ3) is 3.98. The minimum atomic E-state index is -1.09. The number of aliphatic carboxylic acids is 2. The number of hydrogen-bond acceptors (Lipinski definition) is 4. The van der Waals surface area contributed by atoms with Crippen LogP contribution in [0, 0.1) is 11.8 Å². The van der Waals surface area contributed by atoms with Crippen molar-refractivity contribution in [1.29, 1.82) is 0 Å². The lowest BCUT2D eigenvalue weighted by molar-refractivity contribution is -0.157. The van der Waals surface area contributed by atoms with Crippen LogP contribution in [0.4, 0.5) is 0 Å². The molecule has 1 fully saturated rings. The molecule has 0 aromatic rings. The van der Waals surface area contributed by atoms with Gasteiger partial charge in [-0.15, -0.1) is 0 Å². The highest BCUT2D eigenvalue weighted by Gasteiger charge is 2.39. The fourth-order valence-electron chi connectivity index (χ4n) is 2.26. The van der Waals surface area contributed by atoms with E-state index in [2.05, 4.69) is 0 Å². The molecular weight excluding hydrogens is 226 g/mol.